The van der Waals surface area contributed by atoms with E-state index in [2.05, 4.69) is 15.1 Å². The van der Waals surface area contributed by atoms with Gasteiger partial charge in [-0.25, -0.2) is 0 Å². The molecule has 112 valence electrons. The fourth-order valence-corrected chi connectivity index (χ4v) is 2.05. The van der Waals surface area contributed by atoms with Crippen LogP contribution in [0.25, 0.3) is 11.4 Å². The lowest BCUT2D eigenvalue weighted by Gasteiger charge is -2.22. The lowest BCUT2D eigenvalue weighted by atomic mass is 10.1. The molecule has 22 heavy (non-hydrogen) atoms. The molecular formula is C16H14ClN3O2. The number of nitrogens with zero attached hydrogens (tertiary/aromatic N) is 3. The minimum atomic E-state index is -0.763. The van der Waals surface area contributed by atoms with Crippen LogP contribution in [0.15, 0.2) is 53.3 Å². The Kier molecular flexibility index (Phi) is 3.81. The normalized spacial score (nSPS) is 11.4. The molecule has 3 aromatic rings. The Hall–Kier alpha value is -2.40. The van der Waals surface area contributed by atoms with Crippen LogP contribution in [0.3, 0.4) is 0 Å². The molecule has 0 aliphatic carbocycles. The maximum absolute atomic E-state index is 5.92. The van der Waals surface area contributed by atoms with Crippen LogP contribution in [0.5, 0.6) is 5.75 Å². The Morgan fingerprint density at radius 3 is 2.59 bits per heavy atom. The van der Waals surface area contributed by atoms with Gasteiger partial charge >= 0.3 is 0 Å². The van der Waals surface area contributed by atoms with Gasteiger partial charge in [0.1, 0.15) is 5.75 Å². The molecule has 0 saturated heterocycles. The fourth-order valence-electron chi connectivity index (χ4n) is 1.92. The number of hydrogen-bond acceptors (Lipinski definition) is 5. The highest BCUT2D eigenvalue weighted by Gasteiger charge is 2.30. The molecule has 0 aliphatic heterocycles. The van der Waals surface area contributed by atoms with Crippen LogP contribution in [-0.4, -0.2) is 15.1 Å². The monoisotopic (exact) mass is 315 g/mol. The molecule has 0 atom stereocenters. The Morgan fingerprint density at radius 2 is 1.91 bits per heavy atom. The number of halogens is 1. The molecule has 0 saturated carbocycles. The van der Waals surface area contributed by atoms with E-state index in [0.29, 0.717) is 22.5 Å². The average molecular weight is 316 g/mol. The number of ether oxygens (including phenoxy) is 1. The second-order valence-corrected chi connectivity index (χ2v) is 5.67. The molecule has 6 heteroatoms. The van der Waals surface area contributed by atoms with Crippen LogP contribution in [0.4, 0.5) is 0 Å². The van der Waals surface area contributed by atoms with Gasteiger partial charge < -0.3 is 9.26 Å². The summed E-state index contributed by atoms with van der Waals surface area (Å²) in [6, 6.07) is 10.8. The Balaban J connectivity index is 1.83. The molecule has 0 radical (unpaired) electrons. The third-order valence-corrected chi connectivity index (χ3v) is 3.30. The predicted molar refractivity (Wildman–Crippen MR) is 82.6 cm³/mol. The summed E-state index contributed by atoms with van der Waals surface area (Å²) in [4.78, 5) is 8.44. The number of benzene rings is 1. The van der Waals surface area contributed by atoms with Crippen LogP contribution in [0, 0.1) is 0 Å². The van der Waals surface area contributed by atoms with Crippen molar-refractivity contribution in [3.05, 3.63) is 59.7 Å². The molecule has 0 fully saturated rings. The van der Waals surface area contributed by atoms with E-state index in [1.165, 1.54) is 0 Å². The minimum Gasteiger partial charge on any atom is -0.478 e. The first-order chi connectivity index (χ1) is 10.5. The van der Waals surface area contributed by atoms with Crippen LogP contribution >= 0.6 is 11.6 Å². The van der Waals surface area contributed by atoms with Gasteiger partial charge in [0.2, 0.25) is 5.82 Å². The molecule has 0 aliphatic rings. The fraction of sp³-hybridized carbons (Fsp3) is 0.188. The summed E-state index contributed by atoms with van der Waals surface area (Å²) in [5, 5.41) is 4.64. The third-order valence-electron chi connectivity index (χ3n) is 3.05. The maximum atomic E-state index is 5.92. The highest BCUT2D eigenvalue weighted by molar-refractivity contribution is 6.30. The van der Waals surface area contributed by atoms with Crippen LogP contribution < -0.4 is 4.74 Å². The number of pyridine rings is 1. The first-order valence-electron chi connectivity index (χ1n) is 6.74. The highest BCUT2D eigenvalue weighted by atomic mass is 35.5. The molecule has 0 spiro atoms. The van der Waals surface area contributed by atoms with E-state index in [9.17, 15) is 0 Å². The van der Waals surface area contributed by atoms with Crippen molar-refractivity contribution < 1.29 is 9.26 Å². The van der Waals surface area contributed by atoms with Gasteiger partial charge in [-0.1, -0.05) is 16.8 Å². The summed E-state index contributed by atoms with van der Waals surface area (Å²) in [7, 11) is 0. The molecule has 1 aromatic carbocycles. The topological polar surface area (TPSA) is 61.0 Å². The van der Waals surface area contributed by atoms with Crippen LogP contribution in [0.2, 0.25) is 5.02 Å². The van der Waals surface area contributed by atoms with E-state index < -0.39 is 5.60 Å². The molecule has 0 N–H and O–H groups in total. The third kappa shape index (κ3) is 3.09. The zero-order chi connectivity index (χ0) is 15.6. The summed E-state index contributed by atoms with van der Waals surface area (Å²) in [6.07, 6.45) is 3.37. The lowest BCUT2D eigenvalue weighted by Crippen LogP contribution is -2.25. The Labute approximate surface area is 132 Å². The molecule has 0 bridgehead atoms. The molecule has 3 rings (SSSR count). The van der Waals surface area contributed by atoms with E-state index in [-0.39, 0.29) is 0 Å². The van der Waals surface area contributed by atoms with Crippen molar-refractivity contribution in [1.29, 1.82) is 0 Å². The largest absolute Gasteiger partial charge is 0.478 e. The van der Waals surface area contributed by atoms with Gasteiger partial charge in [0.25, 0.3) is 5.89 Å². The van der Waals surface area contributed by atoms with Gasteiger partial charge in [-0.2, -0.15) is 4.98 Å². The van der Waals surface area contributed by atoms with Crippen molar-refractivity contribution in [2.45, 2.75) is 19.4 Å². The summed E-state index contributed by atoms with van der Waals surface area (Å²) in [6.45, 7) is 3.73. The summed E-state index contributed by atoms with van der Waals surface area (Å²) < 4.78 is 11.3. The second kappa shape index (κ2) is 5.77. The Bertz CT molecular complexity index is 755. The van der Waals surface area contributed by atoms with Crippen molar-refractivity contribution in [2.24, 2.45) is 0 Å². The van der Waals surface area contributed by atoms with Gasteiger partial charge in [-0.05, 0) is 50.2 Å². The van der Waals surface area contributed by atoms with E-state index in [1.807, 2.05) is 26.0 Å². The molecular weight excluding hydrogens is 302 g/mol. The highest BCUT2D eigenvalue weighted by Crippen LogP contribution is 2.28. The maximum Gasteiger partial charge on any atom is 0.270 e. The average Bonchev–Trinajstić information content (AvgIpc) is 3.01. The Morgan fingerprint density at radius 1 is 1.14 bits per heavy atom. The van der Waals surface area contributed by atoms with Crippen molar-refractivity contribution in [1.82, 2.24) is 15.1 Å². The lowest BCUT2D eigenvalue weighted by molar-refractivity contribution is 0.0692. The van der Waals surface area contributed by atoms with Crippen LogP contribution in [0.1, 0.15) is 19.7 Å². The molecule has 0 amide bonds. The number of aromatic nitrogens is 3. The summed E-state index contributed by atoms with van der Waals surface area (Å²) in [5.41, 5.74) is 0.0289. The minimum absolute atomic E-state index is 0.390. The second-order valence-electron chi connectivity index (χ2n) is 5.23. The van der Waals surface area contributed by atoms with Gasteiger partial charge in [0.15, 0.2) is 5.60 Å². The predicted octanol–water partition coefficient (Wildman–Crippen LogP) is 4.10. The first kappa shape index (κ1) is 14.5. The standard InChI is InChI=1S/C16H14ClN3O2/c1-16(2,21-13-7-5-12(17)6-8-13)15-19-14(20-22-15)11-4-3-9-18-10-11/h3-10H,1-2H3. The zero-order valence-corrected chi connectivity index (χ0v) is 12.9. The van der Waals surface area contributed by atoms with Gasteiger partial charge in [-0.3, -0.25) is 4.98 Å². The SMILES string of the molecule is CC(C)(Oc1ccc(Cl)cc1)c1nc(-c2cccnc2)no1. The summed E-state index contributed by atoms with van der Waals surface area (Å²) in [5.74, 6) is 1.55. The van der Waals surface area contributed by atoms with Crippen molar-refractivity contribution >= 4 is 11.6 Å². The quantitative estimate of drug-likeness (QED) is 0.725. The number of rotatable bonds is 4. The van der Waals surface area contributed by atoms with Crippen molar-refractivity contribution in [3.8, 4) is 17.1 Å². The van der Waals surface area contributed by atoms with E-state index in [4.69, 9.17) is 20.9 Å². The number of hydrogen-bond donors (Lipinski definition) is 0. The van der Waals surface area contributed by atoms with Gasteiger partial charge in [-0.15, -0.1) is 0 Å². The molecule has 2 heterocycles. The van der Waals surface area contributed by atoms with E-state index in [1.54, 1.807) is 36.7 Å². The van der Waals surface area contributed by atoms with Crippen molar-refractivity contribution in [3.63, 3.8) is 0 Å². The van der Waals surface area contributed by atoms with Crippen molar-refractivity contribution in [2.75, 3.05) is 0 Å². The van der Waals surface area contributed by atoms with Crippen LogP contribution in [-0.2, 0) is 5.60 Å². The smallest absolute Gasteiger partial charge is 0.270 e. The molecule has 0 unspecified atom stereocenters. The first-order valence-corrected chi connectivity index (χ1v) is 7.11. The van der Waals surface area contributed by atoms with Gasteiger partial charge in [0, 0.05) is 23.0 Å². The van der Waals surface area contributed by atoms with E-state index >= 15 is 0 Å². The molecule has 2 aromatic heterocycles. The molecule has 5 nitrogen and oxygen atoms in total. The zero-order valence-electron chi connectivity index (χ0n) is 12.2. The van der Waals surface area contributed by atoms with Gasteiger partial charge in [0.05, 0.1) is 0 Å². The summed E-state index contributed by atoms with van der Waals surface area (Å²) >= 11 is 5.87. The van der Waals surface area contributed by atoms with E-state index in [0.717, 1.165) is 5.56 Å².